The number of alkyl halides is 3. The molecule has 1 N–H and O–H groups in total. The lowest BCUT2D eigenvalue weighted by molar-refractivity contribution is -0.152. The van der Waals surface area contributed by atoms with Crippen molar-refractivity contribution in [2.24, 2.45) is 0 Å². The van der Waals surface area contributed by atoms with Gasteiger partial charge in [0.25, 0.3) is 0 Å². The average Bonchev–Trinajstić information content (AvgIpc) is 2.76. The maximum Gasteiger partial charge on any atom is 0.450 e. The molecule has 0 spiro atoms. The van der Waals surface area contributed by atoms with Crippen molar-refractivity contribution in [1.29, 1.82) is 0 Å². The molecule has 2 heterocycles. The summed E-state index contributed by atoms with van der Waals surface area (Å²) in [5.41, 5.74) is -1.31. The second-order valence-corrected chi connectivity index (χ2v) is 8.12. The molecule has 1 aliphatic rings. The van der Waals surface area contributed by atoms with E-state index in [2.05, 4.69) is 4.90 Å². The number of likely N-dealkylation sites (tertiary alicyclic amines) is 1. The molecular weight excluding hydrogens is 423 g/mol. The lowest BCUT2D eigenvalue weighted by atomic mass is 9.99. The molecule has 0 aliphatic carbocycles. The third kappa shape index (κ3) is 4.07. The van der Waals surface area contributed by atoms with Gasteiger partial charge in [-0.15, -0.1) is 0 Å². The number of phenols is 1. The molecule has 0 bridgehead atoms. The van der Waals surface area contributed by atoms with E-state index in [0.717, 1.165) is 25.8 Å². The predicted molar refractivity (Wildman–Crippen MR) is 115 cm³/mol. The number of rotatable bonds is 4. The summed E-state index contributed by atoms with van der Waals surface area (Å²) in [7, 11) is 1.44. The van der Waals surface area contributed by atoms with Crippen LogP contribution < -0.4 is 10.2 Å². The minimum absolute atomic E-state index is 0.00119. The molecule has 1 saturated heterocycles. The third-order valence-corrected chi connectivity index (χ3v) is 6.08. The maximum atomic E-state index is 14.0. The maximum absolute atomic E-state index is 14.0. The van der Waals surface area contributed by atoms with Crippen molar-refractivity contribution in [3.05, 3.63) is 57.9 Å². The second-order valence-electron chi connectivity index (χ2n) is 8.12. The molecule has 2 aromatic carbocycles. The normalized spacial score (nSPS) is 17.6. The molecule has 170 valence electrons. The standard InChI is InChI=1S/C24H24F3NO4/c1-14-5-3-4-12-28(14)13-18-19(29)11-10-17-21(30)20(15-6-8-16(31-2)9-7-15)23(24(25,26)27)32-22(17)18/h6-11,14,29H,3-5,12-13H2,1-2H3/t14-/m0/s1. The number of halogens is 3. The number of methoxy groups -OCH3 is 1. The van der Waals surface area contributed by atoms with Gasteiger partial charge in [-0.2, -0.15) is 13.2 Å². The molecule has 0 radical (unpaired) electrons. The number of piperidine rings is 1. The van der Waals surface area contributed by atoms with Crippen molar-refractivity contribution in [3.63, 3.8) is 0 Å². The molecule has 1 aliphatic heterocycles. The first-order valence-electron chi connectivity index (χ1n) is 10.5. The van der Waals surface area contributed by atoms with Gasteiger partial charge in [0, 0.05) is 12.6 Å². The molecule has 0 unspecified atom stereocenters. The summed E-state index contributed by atoms with van der Waals surface area (Å²) < 4.78 is 52.5. The van der Waals surface area contributed by atoms with Crippen molar-refractivity contribution in [1.82, 2.24) is 4.90 Å². The van der Waals surface area contributed by atoms with Gasteiger partial charge in [0.15, 0.2) is 0 Å². The first-order valence-corrected chi connectivity index (χ1v) is 10.5. The van der Waals surface area contributed by atoms with E-state index in [1.54, 1.807) is 0 Å². The van der Waals surface area contributed by atoms with Crippen molar-refractivity contribution in [2.45, 2.75) is 44.9 Å². The lowest BCUT2D eigenvalue weighted by Crippen LogP contribution is -2.36. The Morgan fingerprint density at radius 2 is 1.88 bits per heavy atom. The van der Waals surface area contributed by atoms with Crippen molar-refractivity contribution >= 4 is 11.0 Å². The Balaban J connectivity index is 1.94. The highest BCUT2D eigenvalue weighted by atomic mass is 19.4. The largest absolute Gasteiger partial charge is 0.507 e. The van der Waals surface area contributed by atoms with Crippen LogP contribution in [0.4, 0.5) is 13.2 Å². The lowest BCUT2D eigenvalue weighted by Gasteiger charge is -2.33. The molecule has 8 heteroatoms. The number of hydrogen-bond donors (Lipinski definition) is 1. The summed E-state index contributed by atoms with van der Waals surface area (Å²) in [5.74, 6) is -1.11. The Morgan fingerprint density at radius 3 is 2.50 bits per heavy atom. The SMILES string of the molecule is COc1ccc(-c2c(C(F)(F)F)oc3c(CN4CCCC[C@@H]4C)c(O)ccc3c2=O)cc1. The van der Waals surface area contributed by atoms with Gasteiger partial charge < -0.3 is 14.3 Å². The van der Waals surface area contributed by atoms with Gasteiger partial charge in [-0.05, 0) is 56.1 Å². The van der Waals surface area contributed by atoms with E-state index < -0.39 is 22.9 Å². The Morgan fingerprint density at radius 1 is 1.16 bits per heavy atom. The van der Waals surface area contributed by atoms with E-state index in [1.807, 2.05) is 6.92 Å². The summed E-state index contributed by atoms with van der Waals surface area (Å²) in [6.07, 6.45) is -1.89. The number of benzene rings is 2. The molecule has 1 atom stereocenters. The molecule has 3 aromatic rings. The summed E-state index contributed by atoms with van der Waals surface area (Å²) in [6.45, 7) is 3.00. The summed E-state index contributed by atoms with van der Waals surface area (Å²) in [5, 5.41) is 10.5. The van der Waals surface area contributed by atoms with Gasteiger partial charge in [0.2, 0.25) is 11.2 Å². The van der Waals surface area contributed by atoms with Gasteiger partial charge in [0.05, 0.1) is 23.6 Å². The van der Waals surface area contributed by atoms with Crippen LogP contribution in [0.1, 0.15) is 37.5 Å². The minimum atomic E-state index is -4.90. The molecule has 32 heavy (non-hydrogen) atoms. The number of ether oxygens (including phenoxy) is 1. The first kappa shape index (κ1) is 22.2. The number of nitrogens with zero attached hydrogens (tertiary/aromatic N) is 1. The quantitative estimate of drug-likeness (QED) is 0.567. The molecular formula is C24H24F3NO4. The van der Waals surface area contributed by atoms with E-state index in [-0.39, 0.29) is 40.4 Å². The molecule has 1 fully saturated rings. The van der Waals surface area contributed by atoms with Crippen LogP contribution in [0.2, 0.25) is 0 Å². The van der Waals surface area contributed by atoms with Gasteiger partial charge in [-0.25, -0.2) is 0 Å². The number of aromatic hydroxyl groups is 1. The number of fused-ring (bicyclic) bond motifs is 1. The van der Waals surface area contributed by atoms with Crippen LogP contribution >= 0.6 is 0 Å². The van der Waals surface area contributed by atoms with Crippen LogP contribution in [0.3, 0.4) is 0 Å². The average molecular weight is 447 g/mol. The van der Waals surface area contributed by atoms with Gasteiger partial charge in [-0.1, -0.05) is 18.6 Å². The fourth-order valence-electron chi connectivity index (χ4n) is 4.27. The van der Waals surface area contributed by atoms with Gasteiger partial charge in [-0.3, -0.25) is 9.69 Å². The first-order chi connectivity index (χ1) is 15.2. The van der Waals surface area contributed by atoms with Gasteiger partial charge in [0.1, 0.15) is 17.1 Å². The van der Waals surface area contributed by atoms with Gasteiger partial charge >= 0.3 is 6.18 Å². The Hall–Kier alpha value is -3.00. The zero-order valence-electron chi connectivity index (χ0n) is 17.8. The molecule has 0 saturated carbocycles. The van der Waals surface area contributed by atoms with Crippen LogP contribution in [0, 0.1) is 0 Å². The van der Waals surface area contributed by atoms with E-state index in [4.69, 9.17) is 9.15 Å². The number of phenolic OH excluding ortho intramolecular Hbond substituents is 1. The summed E-state index contributed by atoms with van der Waals surface area (Å²) in [6, 6.07) is 8.62. The number of hydrogen-bond acceptors (Lipinski definition) is 5. The molecule has 0 amide bonds. The third-order valence-electron chi connectivity index (χ3n) is 6.08. The molecule has 4 rings (SSSR count). The Labute approximate surface area is 183 Å². The van der Waals surface area contributed by atoms with Crippen LogP contribution in [0.15, 0.2) is 45.6 Å². The monoisotopic (exact) mass is 447 g/mol. The van der Waals surface area contributed by atoms with E-state index in [9.17, 15) is 23.1 Å². The van der Waals surface area contributed by atoms with Crippen LogP contribution in [0.5, 0.6) is 11.5 Å². The highest BCUT2D eigenvalue weighted by Crippen LogP contribution is 2.39. The van der Waals surface area contributed by atoms with E-state index >= 15 is 0 Å². The van der Waals surface area contributed by atoms with Crippen LogP contribution in [-0.4, -0.2) is 29.7 Å². The van der Waals surface area contributed by atoms with Crippen molar-refractivity contribution in [2.75, 3.05) is 13.7 Å². The fourth-order valence-corrected chi connectivity index (χ4v) is 4.27. The summed E-state index contributed by atoms with van der Waals surface area (Å²) in [4.78, 5) is 15.4. The molecule has 5 nitrogen and oxygen atoms in total. The zero-order valence-corrected chi connectivity index (χ0v) is 17.8. The summed E-state index contributed by atoms with van der Waals surface area (Å²) >= 11 is 0. The predicted octanol–water partition coefficient (Wildman–Crippen LogP) is 5.57. The Bertz CT molecular complexity index is 1190. The fraction of sp³-hybridized carbons (Fsp3) is 0.375. The highest BCUT2D eigenvalue weighted by molar-refractivity contribution is 5.87. The smallest absolute Gasteiger partial charge is 0.450 e. The van der Waals surface area contributed by atoms with Crippen molar-refractivity contribution in [3.8, 4) is 22.6 Å². The zero-order chi connectivity index (χ0) is 23.0. The second kappa shape index (κ2) is 8.50. The van der Waals surface area contributed by atoms with Crippen molar-refractivity contribution < 1.29 is 27.4 Å². The van der Waals surface area contributed by atoms with E-state index in [0.29, 0.717) is 5.75 Å². The molecule has 1 aromatic heterocycles. The minimum Gasteiger partial charge on any atom is -0.507 e. The Kier molecular flexibility index (Phi) is 5.90. The van der Waals surface area contributed by atoms with Crippen LogP contribution in [-0.2, 0) is 12.7 Å². The van der Waals surface area contributed by atoms with Crippen LogP contribution in [0.25, 0.3) is 22.1 Å². The topological polar surface area (TPSA) is 62.9 Å². The van der Waals surface area contributed by atoms with E-state index in [1.165, 1.54) is 43.5 Å². The highest BCUT2D eigenvalue weighted by Gasteiger charge is 2.40.